The molecule has 0 aliphatic heterocycles. The van der Waals surface area contributed by atoms with Gasteiger partial charge in [0.1, 0.15) is 6.61 Å². The van der Waals surface area contributed by atoms with Crippen molar-refractivity contribution in [1.82, 2.24) is 15.2 Å². The number of fused-ring (bicyclic) bond motifs is 1. The van der Waals surface area contributed by atoms with Gasteiger partial charge in [-0.15, -0.1) is 0 Å². The molecule has 2 aromatic carbocycles. The van der Waals surface area contributed by atoms with Crippen molar-refractivity contribution in [3.05, 3.63) is 82.3 Å². The molecule has 0 radical (unpaired) electrons. The molecule has 2 heterocycles. The summed E-state index contributed by atoms with van der Waals surface area (Å²) >= 11 is 6.15. The molecule has 30 heavy (non-hydrogen) atoms. The SMILES string of the molecule is CNc1n[nH]c2ncc(CC(=O)c3c(Cl)ccc(OCc4ccccc4)c3F)cc12. The maximum Gasteiger partial charge on any atom is 0.177 e. The number of ether oxygens (including phenoxy) is 1. The number of pyridine rings is 1. The minimum Gasteiger partial charge on any atom is -0.486 e. The Balaban J connectivity index is 1.57. The van der Waals surface area contributed by atoms with Crippen LogP contribution in [0.4, 0.5) is 10.2 Å². The van der Waals surface area contributed by atoms with Gasteiger partial charge in [-0.25, -0.2) is 9.37 Å². The van der Waals surface area contributed by atoms with Gasteiger partial charge in [0.15, 0.2) is 28.8 Å². The van der Waals surface area contributed by atoms with Gasteiger partial charge in [-0.05, 0) is 29.3 Å². The summed E-state index contributed by atoms with van der Waals surface area (Å²) in [6, 6.07) is 14.1. The van der Waals surface area contributed by atoms with Crippen LogP contribution in [0, 0.1) is 5.82 Å². The number of nitrogens with zero attached hydrogens (tertiary/aromatic N) is 2. The molecule has 0 atom stereocenters. The molecule has 2 aromatic heterocycles. The van der Waals surface area contributed by atoms with Gasteiger partial charge in [-0.2, -0.15) is 5.10 Å². The van der Waals surface area contributed by atoms with E-state index in [4.69, 9.17) is 16.3 Å². The number of anilines is 1. The third-order valence-electron chi connectivity index (χ3n) is 4.65. The number of carbonyl (C=O) groups is 1. The molecule has 4 aromatic rings. The lowest BCUT2D eigenvalue weighted by Gasteiger charge is -2.11. The van der Waals surface area contributed by atoms with Crippen LogP contribution in [-0.4, -0.2) is 28.0 Å². The summed E-state index contributed by atoms with van der Waals surface area (Å²) in [5.41, 5.74) is 1.91. The molecule has 0 amide bonds. The molecular weight excluding hydrogens is 407 g/mol. The first-order chi connectivity index (χ1) is 14.6. The first-order valence-corrected chi connectivity index (χ1v) is 9.63. The summed E-state index contributed by atoms with van der Waals surface area (Å²) in [6.45, 7) is 0.181. The molecule has 0 fully saturated rings. The fourth-order valence-electron chi connectivity index (χ4n) is 3.14. The average molecular weight is 425 g/mol. The lowest BCUT2D eigenvalue weighted by atomic mass is 10.0. The number of hydrogen-bond donors (Lipinski definition) is 2. The van der Waals surface area contributed by atoms with Crippen LogP contribution in [0.25, 0.3) is 11.0 Å². The van der Waals surface area contributed by atoms with Crippen molar-refractivity contribution in [2.24, 2.45) is 0 Å². The van der Waals surface area contributed by atoms with Crippen molar-refractivity contribution in [1.29, 1.82) is 0 Å². The zero-order valence-corrected chi connectivity index (χ0v) is 16.8. The Hall–Kier alpha value is -3.45. The van der Waals surface area contributed by atoms with Crippen LogP contribution in [0.5, 0.6) is 5.75 Å². The molecule has 0 bridgehead atoms. The largest absolute Gasteiger partial charge is 0.486 e. The van der Waals surface area contributed by atoms with E-state index in [1.54, 1.807) is 19.3 Å². The molecule has 0 saturated heterocycles. The van der Waals surface area contributed by atoms with Crippen molar-refractivity contribution in [2.45, 2.75) is 13.0 Å². The number of carbonyl (C=O) groups excluding carboxylic acids is 1. The molecule has 2 N–H and O–H groups in total. The third-order valence-corrected chi connectivity index (χ3v) is 4.96. The van der Waals surface area contributed by atoms with Crippen molar-refractivity contribution in [3.8, 4) is 5.75 Å². The van der Waals surface area contributed by atoms with Crippen LogP contribution in [-0.2, 0) is 13.0 Å². The van der Waals surface area contributed by atoms with E-state index in [9.17, 15) is 4.79 Å². The van der Waals surface area contributed by atoms with Gasteiger partial charge in [0.25, 0.3) is 0 Å². The molecule has 0 spiro atoms. The molecule has 0 aliphatic carbocycles. The minimum absolute atomic E-state index is 0.0208. The van der Waals surface area contributed by atoms with Crippen molar-refractivity contribution in [2.75, 3.05) is 12.4 Å². The third kappa shape index (κ3) is 3.97. The van der Waals surface area contributed by atoms with Gasteiger partial charge in [-0.3, -0.25) is 9.89 Å². The van der Waals surface area contributed by atoms with E-state index in [-0.39, 0.29) is 29.4 Å². The number of nitrogens with one attached hydrogen (secondary N) is 2. The Morgan fingerprint density at radius 2 is 2.00 bits per heavy atom. The number of rotatable bonds is 7. The smallest absolute Gasteiger partial charge is 0.177 e. The van der Waals surface area contributed by atoms with E-state index < -0.39 is 11.6 Å². The highest BCUT2D eigenvalue weighted by Gasteiger charge is 2.21. The molecule has 4 rings (SSSR count). The predicted octanol–water partition coefficient (Wildman–Crippen LogP) is 4.80. The fraction of sp³-hybridized carbons (Fsp3) is 0.136. The Morgan fingerprint density at radius 1 is 1.20 bits per heavy atom. The molecular formula is C22H18ClFN4O2. The maximum absolute atomic E-state index is 15.0. The van der Waals surface area contributed by atoms with Gasteiger partial charge in [0, 0.05) is 19.7 Å². The number of H-pyrrole nitrogens is 1. The molecule has 0 aliphatic rings. The zero-order chi connectivity index (χ0) is 21.1. The highest BCUT2D eigenvalue weighted by atomic mass is 35.5. The number of aromatic amines is 1. The molecule has 8 heteroatoms. The highest BCUT2D eigenvalue weighted by Crippen LogP contribution is 2.29. The van der Waals surface area contributed by atoms with Crippen LogP contribution in [0.2, 0.25) is 5.02 Å². The first-order valence-electron chi connectivity index (χ1n) is 9.25. The number of aromatic nitrogens is 3. The molecule has 152 valence electrons. The fourth-order valence-corrected chi connectivity index (χ4v) is 3.39. The van der Waals surface area contributed by atoms with E-state index in [0.717, 1.165) is 10.9 Å². The second-order valence-electron chi connectivity index (χ2n) is 6.67. The topological polar surface area (TPSA) is 79.9 Å². The predicted molar refractivity (Wildman–Crippen MR) is 114 cm³/mol. The maximum atomic E-state index is 15.0. The lowest BCUT2D eigenvalue weighted by molar-refractivity contribution is 0.0988. The average Bonchev–Trinajstić information content (AvgIpc) is 3.16. The van der Waals surface area contributed by atoms with E-state index in [0.29, 0.717) is 17.0 Å². The Kier molecular flexibility index (Phi) is 5.63. The van der Waals surface area contributed by atoms with E-state index >= 15 is 4.39 Å². The number of benzene rings is 2. The zero-order valence-electron chi connectivity index (χ0n) is 16.1. The monoisotopic (exact) mass is 424 g/mol. The summed E-state index contributed by atoms with van der Waals surface area (Å²) < 4.78 is 20.6. The molecule has 6 nitrogen and oxygen atoms in total. The highest BCUT2D eigenvalue weighted by molar-refractivity contribution is 6.34. The van der Waals surface area contributed by atoms with E-state index in [1.165, 1.54) is 12.1 Å². The van der Waals surface area contributed by atoms with Gasteiger partial charge >= 0.3 is 0 Å². The van der Waals surface area contributed by atoms with Crippen molar-refractivity contribution in [3.63, 3.8) is 0 Å². The second kappa shape index (κ2) is 8.51. The van der Waals surface area contributed by atoms with E-state index in [2.05, 4.69) is 20.5 Å². The van der Waals surface area contributed by atoms with Crippen LogP contribution in [0.1, 0.15) is 21.5 Å². The Labute approximate surface area is 177 Å². The first kappa shape index (κ1) is 19.8. The minimum atomic E-state index is -0.767. The quantitative estimate of drug-likeness (QED) is 0.417. The van der Waals surface area contributed by atoms with E-state index in [1.807, 2.05) is 30.3 Å². The van der Waals surface area contributed by atoms with Crippen LogP contribution < -0.4 is 10.1 Å². The number of Topliss-reactive ketones (excluding diaryl/α,β-unsaturated/α-hetero) is 1. The number of ketones is 1. The standard InChI is InChI=1S/C22H18ClFN4O2/c1-25-21-15-9-14(11-26-22(15)28-27-21)10-17(29)19-16(23)7-8-18(20(19)24)30-12-13-5-3-2-4-6-13/h2-9,11H,10,12H2,1H3,(H2,25,26,27,28). The molecule has 0 unspecified atom stereocenters. The number of hydrogen-bond acceptors (Lipinski definition) is 5. The van der Waals surface area contributed by atoms with Gasteiger partial charge in [-0.1, -0.05) is 41.9 Å². The molecule has 0 saturated carbocycles. The second-order valence-corrected chi connectivity index (χ2v) is 7.08. The van der Waals surface area contributed by atoms with Crippen LogP contribution in [0.3, 0.4) is 0 Å². The van der Waals surface area contributed by atoms with Crippen LogP contribution in [0.15, 0.2) is 54.7 Å². The van der Waals surface area contributed by atoms with Crippen LogP contribution >= 0.6 is 11.6 Å². The summed E-state index contributed by atoms with van der Waals surface area (Å²) in [5.74, 6) is -0.630. The lowest BCUT2D eigenvalue weighted by Crippen LogP contribution is -2.09. The van der Waals surface area contributed by atoms with Gasteiger partial charge in [0.2, 0.25) is 0 Å². The van der Waals surface area contributed by atoms with Crippen molar-refractivity contribution < 1.29 is 13.9 Å². The Morgan fingerprint density at radius 3 is 2.77 bits per heavy atom. The van der Waals surface area contributed by atoms with Gasteiger partial charge in [0.05, 0.1) is 16.0 Å². The number of halogens is 2. The van der Waals surface area contributed by atoms with Gasteiger partial charge < -0.3 is 10.1 Å². The summed E-state index contributed by atoms with van der Waals surface area (Å²) in [5, 5.41) is 10.6. The summed E-state index contributed by atoms with van der Waals surface area (Å²) in [6.07, 6.45) is 1.50. The van der Waals surface area contributed by atoms with Crippen molar-refractivity contribution >= 4 is 34.2 Å². The normalized spacial score (nSPS) is 10.9. The summed E-state index contributed by atoms with van der Waals surface area (Å²) in [4.78, 5) is 17.1. The Bertz CT molecular complexity index is 1210. The summed E-state index contributed by atoms with van der Waals surface area (Å²) in [7, 11) is 1.74.